The van der Waals surface area contributed by atoms with Gasteiger partial charge in [0.25, 0.3) is 0 Å². The molecule has 1 saturated heterocycles. The van der Waals surface area contributed by atoms with Crippen molar-refractivity contribution in [3.63, 3.8) is 0 Å². The summed E-state index contributed by atoms with van der Waals surface area (Å²) >= 11 is 0. The molecule has 1 aromatic carbocycles. The van der Waals surface area contributed by atoms with E-state index in [1.807, 2.05) is 12.1 Å². The lowest BCUT2D eigenvalue weighted by Crippen LogP contribution is -2.40. The van der Waals surface area contributed by atoms with Gasteiger partial charge in [0.2, 0.25) is 0 Å². The number of aromatic hydroxyl groups is 1. The molecule has 1 N–H and O–H groups in total. The molecule has 0 radical (unpaired) electrons. The first kappa shape index (κ1) is 10.3. The molecule has 1 aliphatic rings. The van der Waals surface area contributed by atoms with Crippen LogP contribution in [0.4, 0.5) is 10.1 Å². The Balaban J connectivity index is 2.08. The molecular weight excluding hydrogens is 193 g/mol. The summed E-state index contributed by atoms with van der Waals surface area (Å²) in [6.07, 6.45) is 1.12. The monoisotopic (exact) mass is 209 g/mol. The van der Waals surface area contributed by atoms with Gasteiger partial charge in [-0.1, -0.05) is 6.07 Å². The van der Waals surface area contributed by atoms with Gasteiger partial charge in [-0.15, -0.1) is 0 Å². The topological polar surface area (TPSA) is 23.5 Å². The summed E-state index contributed by atoms with van der Waals surface area (Å²) in [5.41, 5.74) is -0.0432. The fourth-order valence-corrected chi connectivity index (χ4v) is 1.92. The number of nitrogens with zero attached hydrogens (tertiary/aromatic N) is 1. The maximum absolute atomic E-state index is 13.6. The number of alkyl halides is 1. The van der Waals surface area contributed by atoms with Gasteiger partial charge >= 0.3 is 0 Å². The number of benzene rings is 1. The van der Waals surface area contributed by atoms with Crippen LogP contribution in [0.2, 0.25) is 0 Å². The molecule has 15 heavy (non-hydrogen) atoms. The molecule has 0 saturated carbocycles. The second-order valence-electron chi connectivity index (χ2n) is 4.42. The second kappa shape index (κ2) is 3.72. The van der Waals surface area contributed by atoms with Crippen molar-refractivity contribution < 1.29 is 9.50 Å². The van der Waals surface area contributed by atoms with E-state index in [0.29, 0.717) is 12.8 Å². The molecule has 1 heterocycles. The van der Waals surface area contributed by atoms with E-state index in [2.05, 4.69) is 4.90 Å². The highest BCUT2D eigenvalue weighted by Gasteiger charge is 2.29. The minimum absolute atomic E-state index is 0.265. The summed E-state index contributed by atoms with van der Waals surface area (Å²) in [4.78, 5) is 2.11. The highest BCUT2D eigenvalue weighted by Crippen LogP contribution is 2.29. The summed E-state index contributed by atoms with van der Waals surface area (Å²) in [6, 6.07) is 7.13. The number of halogens is 1. The van der Waals surface area contributed by atoms with Crippen LogP contribution in [0.15, 0.2) is 24.3 Å². The van der Waals surface area contributed by atoms with E-state index in [9.17, 15) is 9.50 Å². The molecule has 0 aromatic heterocycles. The molecule has 2 nitrogen and oxygen atoms in total. The van der Waals surface area contributed by atoms with E-state index in [4.69, 9.17) is 0 Å². The molecular formula is C12H16FNO. The quantitative estimate of drug-likeness (QED) is 0.768. The zero-order valence-electron chi connectivity index (χ0n) is 8.91. The van der Waals surface area contributed by atoms with E-state index >= 15 is 0 Å². The molecule has 0 unspecified atom stereocenters. The average Bonchev–Trinajstić information content (AvgIpc) is 2.17. The van der Waals surface area contributed by atoms with Gasteiger partial charge in [-0.05, 0) is 31.9 Å². The van der Waals surface area contributed by atoms with Crippen molar-refractivity contribution >= 4 is 5.69 Å². The predicted molar refractivity (Wildman–Crippen MR) is 59.1 cm³/mol. The molecule has 82 valence electrons. The van der Waals surface area contributed by atoms with Crippen LogP contribution in [0.5, 0.6) is 5.75 Å². The average molecular weight is 209 g/mol. The Bertz CT molecular complexity index is 341. The van der Waals surface area contributed by atoms with Gasteiger partial charge < -0.3 is 10.0 Å². The Kier molecular flexibility index (Phi) is 2.55. The minimum atomic E-state index is -1.02. The van der Waals surface area contributed by atoms with E-state index in [1.165, 1.54) is 0 Å². The number of phenols is 1. The van der Waals surface area contributed by atoms with Crippen LogP contribution in [-0.2, 0) is 0 Å². The zero-order chi connectivity index (χ0) is 10.9. The van der Waals surface area contributed by atoms with Gasteiger partial charge in [0.15, 0.2) is 0 Å². The Labute approximate surface area is 89.3 Å². The molecule has 0 spiro atoms. The molecule has 0 bridgehead atoms. The predicted octanol–water partition coefficient (Wildman–Crippen LogP) is 2.72. The number of hydrogen-bond donors (Lipinski definition) is 1. The fourth-order valence-electron chi connectivity index (χ4n) is 1.92. The third kappa shape index (κ3) is 2.41. The first-order valence-corrected chi connectivity index (χ1v) is 5.30. The lowest BCUT2D eigenvalue weighted by molar-refractivity contribution is 0.149. The molecule has 0 aliphatic carbocycles. The zero-order valence-corrected chi connectivity index (χ0v) is 8.91. The second-order valence-corrected chi connectivity index (χ2v) is 4.42. The van der Waals surface area contributed by atoms with Gasteiger partial charge in [-0.25, -0.2) is 4.39 Å². The third-order valence-corrected chi connectivity index (χ3v) is 3.00. The SMILES string of the molecule is CC1(F)CCN(c2cccc(O)c2)CC1. The van der Waals surface area contributed by atoms with Crippen LogP contribution in [0.25, 0.3) is 0 Å². The number of anilines is 1. The molecule has 2 rings (SSSR count). The fraction of sp³-hybridized carbons (Fsp3) is 0.500. The van der Waals surface area contributed by atoms with Crippen LogP contribution in [0, 0.1) is 0 Å². The number of hydrogen-bond acceptors (Lipinski definition) is 2. The Morgan fingerprint density at radius 3 is 2.60 bits per heavy atom. The van der Waals surface area contributed by atoms with Crippen molar-refractivity contribution in [2.75, 3.05) is 18.0 Å². The minimum Gasteiger partial charge on any atom is -0.508 e. The van der Waals surface area contributed by atoms with E-state index in [0.717, 1.165) is 18.8 Å². The molecule has 1 aromatic rings. The maximum atomic E-state index is 13.6. The van der Waals surface area contributed by atoms with Crippen molar-refractivity contribution in [1.82, 2.24) is 0 Å². The summed E-state index contributed by atoms with van der Waals surface area (Å²) in [6.45, 7) is 3.10. The molecule has 0 amide bonds. The first-order chi connectivity index (χ1) is 7.07. The highest BCUT2D eigenvalue weighted by molar-refractivity contribution is 5.50. The van der Waals surface area contributed by atoms with Crippen LogP contribution in [0.3, 0.4) is 0 Å². The standard InChI is InChI=1S/C12H16FNO/c1-12(13)5-7-14(8-6-12)10-3-2-4-11(15)9-10/h2-4,9,15H,5-8H2,1H3. The molecule has 1 aliphatic heterocycles. The van der Waals surface area contributed by atoms with Gasteiger partial charge in [0.1, 0.15) is 11.4 Å². The number of rotatable bonds is 1. The van der Waals surface area contributed by atoms with Crippen molar-refractivity contribution in [1.29, 1.82) is 0 Å². The van der Waals surface area contributed by atoms with Crippen LogP contribution < -0.4 is 4.90 Å². The third-order valence-electron chi connectivity index (χ3n) is 3.00. The smallest absolute Gasteiger partial charge is 0.117 e. The van der Waals surface area contributed by atoms with Crippen molar-refractivity contribution in [3.8, 4) is 5.75 Å². The van der Waals surface area contributed by atoms with Crippen molar-refractivity contribution in [3.05, 3.63) is 24.3 Å². The summed E-state index contributed by atoms with van der Waals surface area (Å²) in [5, 5.41) is 9.35. The molecule has 0 atom stereocenters. The first-order valence-electron chi connectivity index (χ1n) is 5.30. The van der Waals surface area contributed by atoms with E-state index < -0.39 is 5.67 Å². The summed E-state index contributed by atoms with van der Waals surface area (Å²) < 4.78 is 13.6. The van der Waals surface area contributed by atoms with Crippen molar-refractivity contribution in [2.45, 2.75) is 25.4 Å². The van der Waals surface area contributed by atoms with Gasteiger partial charge in [-0.2, -0.15) is 0 Å². The van der Waals surface area contributed by atoms with Crippen LogP contribution >= 0.6 is 0 Å². The van der Waals surface area contributed by atoms with Crippen LogP contribution in [0.1, 0.15) is 19.8 Å². The van der Waals surface area contributed by atoms with Crippen molar-refractivity contribution in [2.24, 2.45) is 0 Å². The summed E-state index contributed by atoms with van der Waals surface area (Å²) in [7, 11) is 0. The number of piperidine rings is 1. The largest absolute Gasteiger partial charge is 0.508 e. The van der Waals surface area contributed by atoms with Gasteiger partial charge in [-0.3, -0.25) is 0 Å². The lowest BCUT2D eigenvalue weighted by Gasteiger charge is -2.35. The van der Waals surface area contributed by atoms with Gasteiger partial charge in [0, 0.05) is 24.8 Å². The van der Waals surface area contributed by atoms with E-state index in [-0.39, 0.29) is 5.75 Å². The Morgan fingerprint density at radius 2 is 2.00 bits per heavy atom. The summed E-state index contributed by atoms with van der Waals surface area (Å²) in [5.74, 6) is 0.265. The molecule has 3 heteroatoms. The normalized spacial score (nSPS) is 20.3. The molecule has 1 fully saturated rings. The lowest BCUT2D eigenvalue weighted by atomic mass is 9.95. The highest BCUT2D eigenvalue weighted by atomic mass is 19.1. The van der Waals surface area contributed by atoms with Gasteiger partial charge in [0.05, 0.1) is 0 Å². The Morgan fingerprint density at radius 1 is 1.33 bits per heavy atom. The van der Waals surface area contributed by atoms with E-state index in [1.54, 1.807) is 19.1 Å². The Hall–Kier alpha value is -1.25. The maximum Gasteiger partial charge on any atom is 0.117 e. The van der Waals surface area contributed by atoms with Crippen LogP contribution in [-0.4, -0.2) is 23.9 Å². The number of phenolic OH excluding ortho intramolecular Hbond substituents is 1.